The number of nitrogens with zero attached hydrogens (tertiary/aromatic N) is 2. The van der Waals surface area contributed by atoms with Crippen molar-refractivity contribution in [2.45, 2.75) is 40.3 Å². The molecule has 0 atom stereocenters. The lowest BCUT2D eigenvalue weighted by molar-refractivity contribution is 0.134. The summed E-state index contributed by atoms with van der Waals surface area (Å²) in [5.41, 5.74) is 9.23. The Labute approximate surface area is 163 Å². The monoisotopic (exact) mass is 375 g/mol. The number of aliphatic imine (C=N–C) groups is 1. The molecular formula is C21H33N3O3. The number of hydrogen-bond donors (Lipinski definition) is 1. The van der Waals surface area contributed by atoms with Crippen LogP contribution in [0.4, 0.5) is 0 Å². The summed E-state index contributed by atoms with van der Waals surface area (Å²) in [5.74, 6) is 2.89. The number of allylic oxidation sites excluding steroid dienone is 1. The fraction of sp³-hybridized carbons (Fsp3) is 0.476. The van der Waals surface area contributed by atoms with E-state index in [9.17, 15) is 0 Å². The summed E-state index contributed by atoms with van der Waals surface area (Å²) >= 11 is 0. The van der Waals surface area contributed by atoms with Crippen LogP contribution in [0.25, 0.3) is 6.08 Å². The molecule has 150 valence electrons. The largest absolute Gasteiger partial charge is 0.497 e. The summed E-state index contributed by atoms with van der Waals surface area (Å²) in [6.07, 6.45) is 4.24. The quantitative estimate of drug-likeness (QED) is 0.626. The molecule has 0 aromatic heterocycles. The smallest absolute Gasteiger partial charge is 0.131 e. The predicted molar refractivity (Wildman–Crippen MR) is 112 cm³/mol. The predicted octanol–water partition coefficient (Wildman–Crippen LogP) is 3.81. The van der Waals surface area contributed by atoms with E-state index in [1.807, 2.05) is 63.9 Å². The van der Waals surface area contributed by atoms with Crippen LogP contribution in [0.2, 0.25) is 0 Å². The fourth-order valence-corrected chi connectivity index (χ4v) is 2.38. The number of nitrogens with two attached hydrogens (primary N) is 1. The number of fused-ring (bicyclic) bond motifs is 1. The van der Waals surface area contributed by atoms with Gasteiger partial charge in [-0.3, -0.25) is 0 Å². The Bertz CT molecular complexity index is 718. The number of hydrogen-bond acceptors (Lipinski definition) is 5. The molecule has 0 radical (unpaired) electrons. The number of rotatable bonds is 5. The van der Waals surface area contributed by atoms with Crippen LogP contribution in [-0.4, -0.2) is 45.2 Å². The van der Waals surface area contributed by atoms with E-state index in [2.05, 4.69) is 4.99 Å². The van der Waals surface area contributed by atoms with Crippen LogP contribution in [-0.2, 0) is 11.3 Å². The first kappa shape index (κ1) is 22.6. The van der Waals surface area contributed by atoms with Crippen LogP contribution in [0.15, 0.2) is 34.6 Å². The molecule has 1 aromatic carbocycles. The van der Waals surface area contributed by atoms with Gasteiger partial charge in [-0.15, -0.1) is 0 Å². The minimum atomic E-state index is 0.384. The van der Waals surface area contributed by atoms with Gasteiger partial charge in [0.05, 0.1) is 20.3 Å². The van der Waals surface area contributed by atoms with E-state index in [0.29, 0.717) is 18.5 Å². The average Bonchev–Trinajstić information content (AvgIpc) is 2.61. The molecular weight excluding hydrogens is 342 g/mol. The second-order valence-electron chi connectivity index (χ2n) is 6.80. The molecule has 0 saturated heterocycles. The highest BCUT2D eigenvalue weighted by Gasteiger charge is 2.19. The lowest BCUT2D eigenvalue weighted by atomic mass is 10.0. The molecule has 0 amide bonds. The van der Waals surface area contributed by atoms with Gasteiger partial charge in [0.25, 0.3) is 0 Å². The number of ether oxygens (including phenoxy) is 3. The van der Waals surface area contributed by atoms with Crippen LogP contribution in [0, 0.1) is 0 Å². The Kier molecular flexibility index (Phi) is 8.88. The summed E-state index contributed by atoms with van der Waals surface area (Å²) in [7, 11) is 6.99. The molecule has 0 unspecified atom stereocenters. The van der Waals surface area contributed by atoms with Gasteiger partial charge in [0.1, 0.15) is 23.2 Å². The molecule has 1 aliphatic heterocycles. The maximum absolute atomic E-state index is 5.96. The van der Waals surface area contributed by atoms with Gasteiger partial charge in [-0.05, 0) is 51.5 Å². The summed E-state index contributed by atoms with van der Waals surface area (Å²) < 4.78 is 15.5. The van der Waals surface area contributed by atoms with Crippen molar-refractivity contribution in [3.63, 3.8) is 0 Å². The summed E-state index contributed by atoms with van der Waals surface area (Å²) in [6.45, 7) is 8.69. The lowest BCUT2D eigenvalue weighted by Crippen LogP contribution is -2.23. The van der Waals surface area contributed by atoms with E-state index in [1.165, 1.54) is 0 Å². The molecule has 2 N–H and O–H groups in total. The van der Waals surface area contributed by atoms with Crippen molar-refractivity contribution in [2.24, 2.45) is 10.7 Å². The lowest BCUT2D eigenvalue weighted by Gasteiger charge is -2.27. The third kappa shape index (κ3) is 6.98. The van der Waals surface area contributed by atoms with Crippen LogP contribution in [0.3, 0.4) is 0 Å². The minimum Gasteiger partial charge on any atom is -0.497 e. The van der Waals surface area contributed by atoms with Gasteiger partial charge >= 0.3 is 0 Å². The molecule has 1 aliphatic rings. The van der Waals surface area contributed by atoms with E-state index < -0.39 is 0 Å². The van der Waals surface area contributed by atoms with Gasteiger partial charge in [0.15, 0.2) is 0 Å². The van der Waals surface area contributed by atoms with E-state index in [4.69, 9.17) is 19.9 Å². The summed E-state index contributed by atoms with van der Waals surface area (Å²) in [4.78, 5) is 6.54. The molecule has 0 fully saturated rings. The average molecular weight is 376 g/mol. The summed E-state index contributed by atoms with van der Waals surface area (Å²) in [5, 5.41) is 0. The molecule has 6 nitrogen and oxygen atoms in total. The second kappa shape index (κ2) is 10.6. The Morgan fingerprint density at radius 2 is 1.81 bits per heavy atom. The van der Waals surface area contributed by atoms with Gasteiger partial charge in [-0.25, -0.2) is 4.99 Å². The molecule has 0 aliphatic carbocycles. The molecule has 6 heteroatoms. The first-order chi connectivity index (χ1) is 12.7. The van der Waals surface area contributed by atoms with Gasteiger partial charge in [0.2, 0.25) is 0 Å². The molecule has 0 spiro atoms. The van der Waals surface area contributed by atoms with Gasteiger partial charge in [-0.2, -0.15) is 0 Å². The van der Waals surface area contributed by atoms with Crippen LogP contribution in [0.5, 0.6) is 11.5 Å². The third-order valence-electron chi connectivity index (χ3n) is 3.90. The van der Waals surface area contributed by atoms with Crippen molar-refractivity contribution in [3.05, 3.63) is 40.7 Å². The minimum absolute atomic E-state index is 0.384. The topological polar surface area (TPSA) is 69.3 Å². The van der Waals surface area contributed by atoms with E-state index in [1.54, 1.807) is 21.3 Å². The van der Waals surface area contributed by atoms with Crippen LogP contribution in [0.1, 0.15) is 38.8 Å². The highest BCUT2D eigenvalue weighted by Crippen LogP contribution is 2.35. The zero-order valence-corrected chi connectivity index (χ0v) is 17.8. The Morgan fingerprint density at radius 3 is 2.30 bits per heavy atom. The van der Waals surface area contributed by atoms with Crippen molar-refractivity contribution in [1.29, 1.82) is 0 Å². The number of amidine groups is 1. The molecule has 0 saturated carbocycles. The van der Waals surface area contributed by atoms with Crippen molar-refractivity contribution in [1.82, 2.24) is 4.90 Å². The second-order valence-corrected chi connectivity index (χ2v) is 6.80. The molecule has 1 heterocycles. The Morgan fingerprint density at radius 1 is 1.19 bits per heavy atom. The zero-order chi connectivity index (χ0) is 20.6. The Balaban J connectivity index is 0.000000646. The third-order valence-corrected chi connectivity index (χ3v) is 3.90. The molecule has 1 aromatic rings. The van der Waals surface area contributed by atoms with Gasteiger partial charge in [-0.1, -0.05) is 5.57 Å². The van der Waals surface area contributed by atoms with Gasteiger partial charge in [0, 0.05) is 32.3 Å². The highest BCUT2D eigenvalue weighted by atomic mass is 16.5. The summed E-state index contributed by atoms with van der Waals surface area (Å²) in [6, 6.07) is 3.88. The first-order valence-corrected chi connectivity index (χ1v) is 8.91. The van der Waals surface area contributed by atoms with Crippen molar-refractivity contribution in [2.75, 3.05) is 28.4 Å². The zero-order valence-electron chi connectivity index (χ0n) is 17.8. The van der Waals surface area contributed by atoms with E-state index in [0.717, 1.165) is 34.0 Å². The normalized spacial score (nSPS) is 13.3. The first-order valence-electron chi connectivity index (χ1n) is 8.91. The Hall–Kier alpha value is -2.47. The van der Waals surface area contributed by atoms with E-state index >= 15 is 0 Å². The number of methoxy groups -OCH3 is 3. The maximum atomic E-state index is 5.96. The standard InChI is InChI=1S/C17H23N3O2.C4H10O/c1-11(2)6-16(18)19-17-8-12-7-13(21-4)9-15(22-5)14(12)10-20(17)3;1-4(2)5-3/h6-9H,10H2,1-5H3,(H2,18,19);4H,1-3H3. The molecule has 27 heavy (non-hydrogen) atoms. The SMILES string of the molecule is COC(C)C.COc1cc2c(c(OC)c1)CN(C)C(/N=C(/N)C=C(C)C)=C2. The number of benzene rings is 1. The van der Waals surface area contributed by atoms with E-state index in [-0.39, 0.29) is 0 Å². The van der Waals surface area contributed by atoms with Crippen molar-refractivity contribution >= 4 is 11.9 Å². The molecule has 0 bridgehead atoms. The van der Waals surface area contributed by atoms with Crippen molar-refractivity contribution in [3.8, 4) is 11.5 Å². The molecule has 2 rings (SSSR count). The van der Waals surface area contributed by atoms with Crippen LogP contribution < -0.4 is 15.2 Å². The van der Waals surface area contributed by atoms with Crippen molar-refractivity contribution < 1.29 is 14.2 Å². The fourth-order valence-electron chi connectivity index (χ4n) is 2.38. The maximum Gasteiger partial charge on any atom is 0.131 e. The van der Waals surface area contributed by atoms with Crippen LogP contribution >= 0.6 is 0 Å². The van der Waals surface area contributed by atoms with Gasteiger partial charge < -0.3 is 24.8 Å². The highest BCUT2D eigenvalue weighted by molar-refractivity contribution is 5.93.